The minimum Gasteiger partial charge on any atom is -0.466 e. The summed E-state index contributed by atoms with van der Waals surface area (Å²) in [5, 5.41) is 7.35. The molecule has 0 heterocycles. The molecule has 0 N–H and O–H groups in total. The first-order chi connectivity index (χ1) is 25.6. The third kappa shape index (κ3) is 5.99. The second-order valence-electron chi connectivity index (χ2n) is 13.1. The van der Waals surface area contributed by atoms with Gasteiger partial charge in [0.25, 0.3) is 0 Å². The van der Waals surface area contributed by atoms with E-state index in [4.69, 9.17) is 9.47 Å². The Kier molecular flexibility index (Phi) is 9.87. The van der Waals surface area contributed by atoms with Crippen LogP contribution >= 0.6 is 15.8 Å². The third-order valence-electron chi connectivity index (χ3n) is 10.3. The smallest absolute Gasteiger partial charge is 0.310 e. The van der Waals surface area contributed by atoms with E-state index in [-0.39, 0.29) is 31.1 Å². The fraction of sp³-hybridized carbons (Fsp3) is 0.174. The highest BCUT2D eigenvalue weighted by Gasteiger charge is 2.58. The fourth-order valence-electron chi connectivity index (χ4n) is 8.43. The molecule has 6 aromatic rings. The van der Waals surface area contributed by atoms with Crippen LogP contribution in [0.15, 0.2) is 158 Å². The SMILES string of the molecule is CCOC(=O)C1C2c3cccc(P(c4ccccc4)c4ccccc4)c3C(c3c2cccc3P(c2ccccc2)c2ccccc2)C1C(=O)OCC. The summed E-state index contributed by atoms with van der Waals surface area (Å²) in [5.41, 5.74) is 4.52. The van der Waals surface area contributed by atoms with E-state index in [1.54, 1.807) is 0 Å². The molecule has 0 spiro atoms. The number of benzene rings is 6. The van der Waals surface area contributed by atoms with Gasteiger partial charge in [-0.1, -0.05) is 158 Å². The number of carbonyl (C=O) groups is 2. The second-order valence-corrected chi connectivity index (χ2v) is 17.5. The highest BCUT2D eigenvalue weighted by atomic mass is 31.1. The van der Waals surface area contributed by atoms with E-state index in [2.05, 4.69) is 158 Å². The molecular weight excluding hydrogens is 678 g/mol. The molecule has 258 valence electrons. The normalized spacial score (nSPS) is 18.5. The Bertz CT molecular complexity index is 1980. The molecule has 0 saturated carbocycles. The van der Waals surface area contributed by atoms with Crippen molar-refractivity contribution >= 4 is 59.6 Å². The molecule has 2 unspecified atom stereocenters. The van der Waals surface area contributed by atoms with Gasteiger partial charge in [0.2, 0.25) is 0 Å². The quantitative estimate of drug-likeness (QED) is 0.112. The first-order valence-corrected chi connectivity index (χ1v) is 20.7. The van der Waals surface area contributed by atoms with Crippen molar-refractivity contribution in [3.63, 3.8) is 0 Å². The molecule has 4 nitrogen and oxygen atoms in total. The van der Waals surface area contributed by atoms with Crippen LogP contribution in [0.2, 0.25) is 0 Å². The van der Waals surface area contributed by atoms with Gasteiger partial charge in [-0.05, 0) is 83.8 Å². The van der Waals surface area contributed by atoms with Crippen molar-refractivity contribution in [3.8, 4) is 0 Å². The molecular formula is C46H40O4P2. The minimum absolute atomic E-state index is 0.229. The van der Waals surface area contributed by atoms with Gasteiger partial charge in [-0.2, -0.15) is 0 Å². The lowest BCUT2D eigenvalue weighted by Gasteiger charge is -2.50. The lowest BCUT2D eigenvalue weighted by molar-refractivity contribution is -0.162. The van der Waals surface area contributed by atoms with E-state index in [9.17, 15) is 9.59 Å². The number of carbonyl (C=O) groups excluding carboxylic acids is 2. The minimum atomic E-state index is -1.02. The van der Waals surface area contributed by atoms with Crippen LogP contribution in [-0.2, 0) is 19.1 Å². The van der Waals surface area contributed by atoms with Gasteiger partial charge >= 0.3 is 11.9 Å². The topological polar surface area (TPSA) is 52.6 Å². The van der Waals surface area contributed by atoms with Gasteiger partial charge in [0.15, 0.2) is 0 Å². The van der Waals surface area contributed by atoms with Crippen LogP contribution in [-0.4, -0.2) is 25.2 Å². The highest BCUT2D eigenvalue weighted by molar-refractivity contribution is 7.80. The van der Waals surface area contributed by atoms with Crippen LogP contribution in [0, 0.1) is 11.8 Å². The van der Waals surface area contributed by atoms with Gasteiger partial charge in [0, 0.05) is 11.8 Å². The summed E-state index contributed by atoms with van der Waals surface area (Å²) in [6.07, 6.45) is 0. The maximum absolute atomic E-state index is 14.5. The van der Waals surface area contributed by atoms with Crippen LogP contribution in [0.5, 0.6) is 0 Å². The number of rotatable bonds is 10. The zero-order valence-corrected chi connectivity index (χ0v) is 31.1. The summed E-state index contributed by atoms with van der Waals surface area (Å²) < 4.78 is 11.7. The van der Waals surface area contributed by atoms with Crippen molar-refractivity contribution < 1.29 is 19.1 Å². The van der Waals surface area contributed by atoms with Crippen LogP contribution in [0.25, 0.3) is 0 Å². The first kappa shape index (κ1) is 34.2. The van der Waals surface area contributed by atoms with Gasteiger partial charge in [0.1, 0.15) is 0 Å². The third-order valence-corrected chi connectivity index (χ3v) is 15.3. The predicted molar refractivity (Wildman–Crippen MR) is 214 cm³/mol. The van der Waals surface area contributed by atoms with E-state index in [1.165, 1.54) is 31.8 Å². The lowest BCUT2D eigenvalue weighted by atomic mass is 9.54. The van der Waals surface area contributed by atoms with Crippen molar-refractivity contribution in [2.45, 2.75) is 25.7 Å². The molecule has 0 aliphatic heterocycles. The second kappa shape index (κ2) is 15.0. The van der Waals surface area contributed by atoms with Crippen molar-refractivity contribution in [2.24, 2.45) is 11.8 Å². The lowest BCUT2D eigenvalue weighted by Crippen LogP contribution is -2.51. The molecule has 52 heavy (non-hydrogen) atoms. The number of ether oxygens (including phenoxy) is 2. The molecule has 0 saturated heterocycles. The highest BCUT2D eigenvalue weighted by Crippen LogP contribution is 2.60. The summed E-state index contributed by atoms with van der Waals surface area (Å²) in [4.78, 5) is 28.8. The van der Waals surface area contributed by atoms with Crippen LogP contribution in [0.1, 0.15) is 47.9 Å². The zero-order chi connectivity index (χ0) is 35.6. The molecule has 0 amide bonds. The van der Waals surface area contributed by atoms with Gasteiger partial charge in [0.05, 0.1) is 25.0 Å². The molecule has 0 radical (unpaired) electrons. The van der Waals surface area contributed by atoms with Crippen LogP contribution < -0.4 is 31.8 Å². The maximum Gasteiger partial charge on any atom is 0.310 e. The number of hydrogen-bond donors (Lipinski definition) is 0. The molecule has 0 fully saturated rings. The largest absolute Gasteiger partial charge is 0.466 e. The van der Waals surface area contributed by atoms with Crippen molar-refractivity contribution in [3.05, 3.63) is 180 Å². The fourth-order valence-corrected chi connectivity index (χ4v) is 13.5. The number of fused-ring (bicyclic) bond motifs is 1. The molecule has 2 atom stereocenters. The Labute approximate surface area is 308 Å². The molecule has 6 heteroatoms. The summed E-state index contributed by atoms with van der Waals surface area (Å²) in [6, 6.07) is 56.0. The number of esters is 2. The molecule has 2 bridgehead atoms. The predicted octanol–water partition coefficient (Wildman–Crippen LogP) is 7.15. The Hall–Kier alpha value is -4.88. The summed E-state index contributed by atoms with van der Waals surface area (Å²) in [7, 11) is -2.04. The van der Waals surface area contributed by atoms with Gasteiger partial charge in [-0.15, -0.1) is 0 Å². The van der Waals surface area contributed by atoms with Crippen LogP contribution in [0.4, 0.5) is 0 Å². The molecule has 6 aromatic carbocycles. The summed E-state index contributed by atoms with van der Waals surface area (Å²) >= 11 is 0. The van der Waals surface area contributed by atoms with E-state index >= 15 is 0 Å². The molecule has 3 aliphatic carbocycles. The van der Waals surface area contributed by atoms with E-state index in [0.29, 0.717) is 0 Å². The number of hydrogen-bond acceptors (Lipinski definition) is 4. The Morgan fingerprint density at radius 1 is 0.442 bits per heavy atom. The standard InChI is InChI=1S/C46H40O4P2/c1-3-49-45(47)43-39-35-27-17-29-37(51(31-19-9-5-10-20-31)32-21-11-6-12-22-32)40(35)42(44(43)46(48)50-4-2)41-36(39)28-18-30-38(41)52(33-23-13-7-14-24-33)34-25-15-8-16-26-34/h5-30,39,42-44H,3-4H2,1-2H3. The van der Waals surface area contributed by atoms with Gasteiger partial charge in [-0.3, -0.25) is 9.59 Å². The average Bonchev–Trinajstić information content (AvgIpc) is 3.19. The van der Waals surface area contributed by atoms with E-state index in [0.717, 1.165) is 22.3 Å². The monoisotopic (exact) mass is 718 g/mol. The van der Waals surface area contributed by atoms with Crippen molar-refractivity contribution in [1.82, 2.24) is 0 Å². The zero-order valence-electron chi connectivity index (χ0n) is 29.3. The van der Waals surface area contributed by atoms with E-state index < -0.39 is 33.6 Å². The Balaban J connectivity index is 1.46. The first-order valence-electron chi connectivity index (χ1n) is 18.0. The summed E-state index contributed by atoms with van der Waals surface area (Å²) in [6.45, 7) is 4.14. The maximum atomic E-state index is 14.5. The molecule has 3 aliphatic rings. The van der Waals surface area contributed by atoms with Gasteiger partial charge in [-0.25, -0.2) is 0 Å². The average molecular weight is 719 g/mol. The summed E-state index contributed by atoms with van der Waals surface area (Å²) in [5.74, 6) is -2.96. The van der Waals surface area contributed by atoms with Gasteiger partial charge < -0.3 is 9.47 Å². The Morgan fingerprint density at radius 2 is 0.769 bits per heavy atom. The van der Waals surface area contributed by atoms with Crippen molar-refractivity contribution in [2.75, 3.05) is 13.2 Å². The molecule has 9 rings (SSSR count). The van der Waals surface area contributed by atoms with E-state index in [1.807, 2.05) is 13.8 Å². The Morgan fingerprint density at radius 3 is 1.10 bits per heavy atom. The van der Waals surface area contributed by atoms with Crippen molar-refractivity contribution in [1.29, 1.82) is 0 Å². The molecule has 0 aromatic heterocycles. The van der Waals surface area contributed by atoms with Crippen LogP contribution in [0.3, 0.4) is 0 Å².